The standard InChI is InChI=1S/C20H27FN4O2S/c1-13(2)10-11-25(19(27)16-12-28-24-23-16)17(18(26)22-20(3,4)5)14-6-8-15(21)9-7-14/h6-9,12-13,17H,10-11H2,1-5H3,(H,22,26). The lowest BCUT2D eigenvalue weighted by molar-refractivity contribution is -0.127. The van der Waals surface area contributed by atoms with Gasteiger partial charge in [0.25, 0.3) is 5.91 Å². The number of amides is 2. The Kier molecular flexibility index (Phi) is 7.23. The van der Waals surface area contributed by atoms with E-state index in [0.29, 0.717) is 24.4 Å². The van der Waals surface area contributed by atoms with Gasteiger partial charge in [0.2, 0.25) is 5.91 Å². The Morgan fingerprint density at radius 1 is 1.21 bits per heavy atom. The highest BCUT2D eigenvalue weighted by molar-refractivity contribution is 7.03. The summed E-state index contributed by atoms with van der Waals surface area (Å²) in [5.41, 5.74) is 0.262. The predicted octanol–water partition coefficient (Wildman–Crippen LogP) is 3.82. The van der Waals surface area contributed by atoms with Crippen LogP contribution in [0.15, 0.2) is 29.6 Å². The van der Waals surface area contributed by atoms with Crippen molar-refractivity contribution in [2.75, 3.05) is 6.54 Å². The molecule has 0 fully saturated rings. The monoisotopic (exact) mass is 406 g/mol. The van der Waals surface area contributed by atoms with Crippen molar-refractivity contribution in [3.8, 4) is 0 Å². The summed E-state index contributed by atoms with van der Waals surface area (Å²) in [6, 6.07) is 4.77. The SMILES string of the molecule is CC(C)CCN(C(=O)c1csnn1)C(C(=O)NC(C)(C)C)c1ccc(F)cc1. The van der Waals surface area contributed by atoms with E-state index in [-0.39, 0.29) is 17.5 Å². The number of nitrogens with zero attached hydrogens (tertiary/aromatic N) is 3. The molecule has 0 aliphatic carbocycles. The van der Waals surface area contributed by atoms with E-state index < -0.39 is 17.4 Å². The lowest BCUT2D eigenvalue weighted by Gasteiger charge is -2.33. The van der Waals surface area contributed by atoms with Gasteiger partial charge in [-0.2, -0.15) is 0 Å². The molecule has 0 saturated heterocycles. The number of aromatic nitrogens is 2. The molecule has 1 heterocycles. The topological polar surface area (TPSA) is 75.2 Å². The molecule has 28 heavy (non-hydrogen) atoms. The van der Waals surface area contributed by atoms with Crippen LogP contribution in [0.3, 0.4) is 0 Å². The van der Waals surface area contributed by atoms with Crippen LogP contribution in [0.2, 0.25) is 0 Å². The first kappa shape index (κ1) is 21.9. The second-order valence-corrected chi connectivity index (χ2v) is 8.77. The Morgan fingerprint density at radius 2 is 1.86 bits per heavy atom. The van der Waals surface area contributed by atoms with E-state index in [2.05, 4.69) is 28.8 Å². The van der Waals surface area contributed by atoms with Gasteiger partial charge in [-0.25, -0.2) is 4.39 Å². The number of nitrogens with one attached hydrogen (secondary N) is 1. The highest BCUT2D eigenvalue weighted by Crippen LogP contribution is 2.25. The lowest BCUT2D eigenvalue weighted by atomic mass is 10.00. The van der Waals surface area contributed by atoms with E-state index in [0.717, 1.165) is 11.5 Å². The molecule has 1 aromatic heterocycles. The number of carbonyl (C=O) groups excluding carboxylic acids is 2. The fourth-order valence-corrected chi connectivity index (χ4v) is 3.14. The van der Waals surface area contributed by atoms with Crippen molar-refractivity contribution in [2.45, 2.75) is 52.6 Å². The molecule has 6 nitrogen and oxygen atoms in total. The molecule has 152 valence electrons. The summed E-state index contributed by atoms with van der Waals surface area (Å²) >= 11 is 1.08. The second kappa shape index (κ2) is 9.23. The van der Waals surface area contributed by atoms with Crippen LogP contribution in [0, 0.1) is 11.7 Å². The van der Waals surface area contributed by atoms with Crippen molar-refractivity contribution in [3.63, 3.8) is 0 Å². The van der Waals surface area contributed by atoms with Gasteiger partial charge in [0.1, 0.15) is 11.9 Å². The molecular weight excluding hydrogens is 379 g/mol. The van der Waals surface area contributed by atoms with Crippen molar-refractivity contribution in [1.29, 1.82) is 0 Å². The number of hydrogen-bond acceptors (Lipinski definition) is 5. The third-order valence-electron chi connectivity index (χ3n) is 4.03. The number of hydrogen-bond donors (Lipinski definition) is 1. The Morgan fingerprint density at radius 3 is 2.36 bits per heavy atom. The molecule has 0 aliphatic rings. The van der Waals surface area contributed by atoms with Crippen LogP contribution in [-0.4, -0.2) is 38.4 Å². The molecule has 0 bridgehead atoms. The van der Waals surface area contributed by atoms with Crippen molar-refractivity contribution in [3.05, 3.63) is 46.7 Å². The Hall–Kier alpha value is -2.35. The first-order valence-corrected chi connectivity index (χ1v) is 10.1. The molecule has 0 radical (unpaired) electrons. The quantitative estimate of drug-likeness (QED) is 0.758. The third kappa shape index (κ3) is 6.09. The third-order valence-corrected chi connectivity index (χ3v) is 4.54. The van der Waals surface area contributed by atoms with Gasteiger partial charge in [0, 0.05) is 17.5 Å². The van der Waals surface area contributed by atoms with Gasteiger partial charge in [-0.3, -0.25) is 9.59 Å². The minimum absolute atomic E-state index is 0.199. The van der Waals surface area contributed by atoms with Crippen LogP contribution < -0.4 is 5.32 Å². The predicted molar refractivity (Wildman–Crippen MR) is 107 cm³/mol. The van der Waals surface area contributed by atoms with Crippen LogP contribution >= 0.6 is 11.5 Å². The van der Waals surface area contributed by atoms with Crippen LogP contribution in [0.25, 0.3) is 0 Å². The molecule has 1 unspecified atom stereocenters. The first-order valence-electron chi connectivity index (χ1n) is 9.24. The van der Waals surface area contributed by atoms with Crippen LogP contribution in [0.4, 0.5) is 4.39 Å². The molecule has 2 amide bonds. The minimum Gasteiger partial charge on any atom is -0.349 e. The van der Waals surface area contributed by atoms with Gasteiger partial charge in [-0.1, -0.05) is 30.5 Å². The lowest BCUT2D eigenvalue weighted by Crippen LogP contribution is -2.49. The van der Waals surface area contributed by atoms with Crippen molar-refractivity contribution < 1.29 is 14.0 Å². The fraction of sp³-hybridized carbons (Fsp3) is 0.500. The fourth-order valence-electron chi connectivity index (χ4n) is 2.71. The van der Waals surface area contributed by atoms with Gasteiger partial charge < -0.3 is 10.2 Å². The summed E-state index contributed by atoms with van der Waals surface area (Å²) in [4.78, 5) is 27.8. The largest absolute Gasteiger partial charge is 0.349 e. The first-order chi connectivity index (χ1) is 13.1. The average Bonchev–Trinajstić information content (AvgIpc) is 3.12. The van der Waals surface area contributed by atoms with E-state index in [4.69, 9.17) is 0 Å². The number of carbonyl (C=O) groups is 2. The summed E-state index contributed by atoms with van der Waals surface area (Å²) in [6.45, 7) is 10.1. The maximum atomic E-state index is 13.5. The Labute approximate surface area is 169 Å². The summed E-state index contributed by atoms with van der Waals surface area (Å²) in [5, 5.41) is 8.38. The van der Waals surface area contributed by atoms with E-state index >= 15 is 0 Å². The van der Waals surface area contributed by atoms with Gasteiger partial charge >= 0.3 is 0 Å². The van der Waals surface area contributed by atoms with E-state index in [1.54, 1.807) is 5.38 Å². The summed E-state index contributed by atoms with van der Waals surface area (Å²) in [7, 11) is 0. The average molecular weight is 407 g/mol. The summed E-state index contributed by atoms with van der Waals surface area (Å²) in [5.74, 6) is -0.752. The van der Waals surface area contributed by atoms with Crippen LogP contribution in [0.5, 0.6) is 0 Å². The molecule has 0 spiro atoms. The number of rotatable bonds is 7. The summed E-state index contributed by atoms with van der Waals surface area (Å²) in [6.07, 6.45) is 0.712. The molecular formula is C20H27FN4O2S. The number of benzene rings is 1. The van der Waals surface area contributed by atoms with Crippen molar-refractivity contribution in [2.24, 2.45) is 5.92 Å². The molecule has 2 rings (SSSR count). The molecule has 1 aromatic carbocycles. The van der Waals surface area contributed by atoms with E-state index in [1.165, 1.54) is 29.2 Å². The van der Waals surface area contributed by atoms with Crippen molar-refractivity contribution in [1.82, 2.24) is 19.8 Å². The molecule has 0 aliphatic heterocycles. The molecule has 1 N–H and O–H groups in total. The Bertz CT molecular complexity index is 786. The van der Waals surface area contributed by atoms with Crippen molar-refractivity contribution >= 4 is 23.3 Å². The van der Waals surface area contributed by atoms with Crippen LogP contribution in [-0.2, 0) is 4.79 Å². The van der Waals surface area contributed by atoms with E-state index in [9.17, 15) is 14.0 Å². The highest BCUT2D eigenvalue weighted by atomic mass is 32.1. The zero-order valence-corrected chi connectivity index (χ0v) is 17.7. The maximum Gasteiger partial charge on any atom is 0.276 e. The maximum absolute atomic E-state index is 13.5. The minimum atomic E-state index is -0.896. The normalized spacial score (nSPS) is 12.7. The molecule has 2 aromatic rings. The molecule has 8 heteroatoms. The molecule has 1 atom stereocenters. The second-order valence-electron chi connectivity index (χ2n) is 8.16. The van der Waals surface area contributed by atoms with Gasteiger partial charge in [-0.15, -0.1) is 5.10 Å². The zero-order valence-electron chi connectivity index (χ0n) is 16.9. The zero-order chi connectivity index (χ0) is 20.9. The number of halogens is 1. The molecule has 0 saturated carbocycles. The Balaban J connectivity index is 2.47. The smallest absolute Gasteiger partial charge is 0.276 e. The van der Waals surface area contributed by atoms with Gasteiger partial charge in [0.05, 0.1) is 0 Å². The van der Waals surface area contributed by atoms with Crippen LogP contribution in [0.1, 0.15) is 63.1 Å². The van der Waals surface area contributed by atoms with Gasteiger partial charge in [-0.05, 0) is 62.3 Å². The van der Waals surface area contributed by atoms with Gasteiger partial charge in [0.15, 0.2) is 5.69 Å². The van der Waals surface area contributed by atoms with E-state index in [1.807, 2.05) is 20.8 Å². The summed E-state index contributed by atoms with van der Waals surface area (Å²) < 4.78 is 17.2. The highest BCUT2D eigenvalue weighted by Gasteiger charge is 2.34.